The van der Waals surface area contributed by atoms with E-state index < -0.39 is 46.1 Å². The van der Waals surface area contributed by atoms with E-state index in [9.17, 15) is 23.1 Å². The van der Waals surface area contributed by atoms with E-state index in [1.807, 2.05) is 44.2 Å². The molecule has 2 fully saturated rings. The lowest BCUT2D eigenvalue weighted by Crippen LogP contribution is -2.52. The number of alkyl carbamates (subject to hydrolysis) is 1. The first-order valence-corrected chi connectivity index (χ1v) is 17.4. The summed E-state index contributed by atoms with van der Waals surface area (Å²) in [5, 5.41) is 19.8. The minimum absolute atomic E-state index is 0.0455. The molecule has 5 atom stereocenters. The number of carbonyl (C=O) groups is 2. The number of nitrogens with zero attached hydrogens (tertiary/aromatic N) is 1. The molecule has 2 aliphatic rings. The lowest BCUT2D eigenvalue weighted by atomic mass is 9.87. The second-order valence-electron chi connectivity index (χ2n) is 12.7. The van der Waals surface area contributed by atoms with Crippen LogP contribution >= 0.6 is 0 Å². The van der Waals surface area contributed by atoms with Gasteiger partial charge >= 0.3 is 12.1 Å². The van der Waals surface area contributed by atoms with Gasteiger partial charge in [-0.05, 0) is 60.9 Å². The molecule has 0 bridgehead atoms. The van der Waals surface area contributed by atoms with Crippen LogP contribution in [0.4, 0.5) is 9.59 Å². The van der Waals surface area contributed by atoms with Gasteiger partial charge in [0, 0.05) is 26.7 Å². The van der Waals surface area contributed by atoms with E-state index in [4.69, 9.17) is 18.9 Å². The molecule has 0 aliphatic carbocycles. The molecule has 13 nitrogen and oxygen atoms in total. The topological polar surface area (TPSA) is 165 Å². The summed E-state index contributed by atoms with van der Waals surface area (Å²) in [6, 6.07) is 14.2. The normalized spacial score (nSPS) is 20.7. The van der Waals surface area contributed by atoms with Gasteiger partial charge in [-0.2, -0.15) is 4.31 Å². The Hall–Kier alpha value is -3.43. The van der Waals surface area contributed by atoms with Gasteiger partial charge in [-0.3, -0.25) is 0 Å². The van der Waals surface area contributed by atoms with Crippen LogP contribution in [-0.2, 0) is 30.7 Å². The largest absolute Gasteiger partial charge is 0.497 e. The summed E-state index contributed by atoms with van der Waals surface area (Å²) in [5.74, 6) is 0.449. The van der Waals surface area contributed by atoms with Gasteiger partial charge in [-0.1, -0.05) is 44.2 Å². The van der Waals surface area contributed by atoms with E-state index in [-0.39, 0.29) is 43.0 Å². The Kier molecular flexibility index (Phi) is 12.9. The van der Waals surface area contributed by atoms with Crippen molar-refractivity contribution in [2.75, 3.05) is 47.0 Å². The second-order valence-corrected chi connectivity index (χ2v) is 14.7. The number of aliphatic hydroxyl groups is 1. The molecule has 2 aliphatic heterocycles. The molecule has 260 valence electrons. The van der Waals surface area contributed by atoms with Crippen molar-refractivity contribution in [2.45, 2.75) is 69.0 Å². The number of aliphatic hydroxyl groups excluding tert-OH is 1. The average molecular weight is 677 g/mol. The van der Waals surface area contributed by atoms with Crippen LogP contribution in [0, 0.1) is 11.3 Å². The van der Waals surface area contributed by atoms with Gasteiger partial charge in [0.1, 0.15) is 11.9 Å². The number of fused-ring (bicyclic) bond motifs is 1. The quantitative estimate of drug-likeness (QED) is 0.196. The summed E-state index contributed by atoms with van der Waals surface area (Å²) in [7, 11) is -1.07. The average Bonchev–Trinajstić information content (AvgIpc) is 3.68. The minimum atomic E-state index is -4.10. The van der Waals surface area contributed by atoms with Crippen molar-refractivity contribution in [1.82, 2.24) is 20.3 Å². The SMILES string of the molecule is CNC(=O)NCCCC(C)(C)CN(C[C@H](O)[C@H](Cc1ccccc1)NC(=O)O[C@H]1CO[C@H]2OCC[C@H]21)S(=O)(=O)c1ccc(OC)cc1. The minimum Gasteiger partial charge on any atom is -0.497 e. The van der Waals surface area contributed by atoms with Gasteiger partial charge < -0.3 is 40.0 Å². The van der Waals surface area contributed by atoms with Crippen molar-refractivity contribution in [1.29, 1.82) is 0 Å². The first-order valence-electron chi connectivity index (χ1n) is 15.9. The zero-order valence-electron chi connectivity index (χ0n) is 27.5. The molecule has 4 N–H and O–H groups in total. The summed E-state index contributed by atoms with van der Waals surface area (Å²) in [6.45, 7) is 4.83. The van der Waals surface area contributed by atoms with E-state index in [1.54, 1.807) is 12.1 Å². The van der Waals surface area contributed by atoms with E-state index in [2.05, 4.69) is 16.0 Å². The molecular formula is C33H48N4O9S. The number of hydrogen-bond acceptors (Lipinski definition) is 9. The molecule has 0 aromatic heterocycles. The summed E-state index contributed by atoms with van der Waals surface area (Å²) >= 11 is 0. The standard InChI is InChI=1S/C33H48N4O9S/c1-33(2,16-8-17-35-31(39)34-3)22-37(47(41,42)25-13-11-24(43-4)12-14-25)20-28(38)27(19-23-9-6-5-7-10-23)36-32(40)46-29-21-45-30-26(29)15-18-44-30/h5-7,9-14,26-30,38H,8,15-22H2,1-4H3,(H,36,40)(H2,34,35,39)/t26-,27-,28-,29-,30+/m0/s1. The monoisotopic (exact) mass is 676 g/mol. The Labute approximate surface area is 277 Å². The predicted octanol–water partition coefficient (Wildman–Crippen LogP) is 2.88. The van der Waals surface area contributed by atoms with E-state index in [0.29, 0.717) is 38.2 Å². The van der Waals surface area contributed by atoms with Crippen LogP contribution in [0.15, 0.2) is 59.5 Å². The molecular weight excluding hydrogens is 628 g/mol. The molecule has 2 heterocycles. The van der Waals surface area contributed by atoms with Crippen molar-refractivity contribution < 1.29 is 42.1 Å². The van der Waals surface area contributed by atoms with Crippen LogP contribution in [0.1, 0.15) is 38.7 Å². The van der Waals surface area contributed by atoms with E-state index >= 15 is 0 Å². The third-order valence-electron chi connectivity index (χ3n) is 8.54. The highest BCUT2D eigenvalue weighted by atomic mass is 32.2. The maximum absolute atomic E-state index is 14.1. The molecule has 2 saturated heterocycles. The fourth-order valence-corrected chi connectivity index (χ4v) is 7.56. The Morgan fingerprint density at radius 3 is 2.51 bits per heavy atom. The molecule has 0 unspecified atom stereocenters. The number of amides is 3. The van der Waals surface area contributed by atoms with Gasteiger partial charge in [0.05, 0.1) is 43.3 Å². The number of sulfonamides is 1. The first-order chi connectivity index (χ1) is 22.4. The highest BCUT2D eigenvalue weighted by molar-refractivity contribution is 7.89. The van der Waals surface area contributed by atoms with Gasteiger partial charge in [-0.25, -0.2) is 18.0 Å². The number of urea groups is 1. The van der Waals surface area contributed by atoms with Crippen molar-refractivity contribution in [3.63, 3.8) is 0 Å². The fourth-order valence-electron chi connectivity index (χ4n) is 5.92. The van der Waals surface area contributed by atoms with Crippen molar-refractivity contribution in [2.24, 2.45) is 11.3 Å². The summed E-state index contributed by atoms with van der Waals surface area (Å²) in [4.78, 5) is 24.8. The third-order valence-corrected chi connectivity index (χ3v) is 10.4. The Morgan fingerprint density at radius 2 is 1.83 bits per heavy atom. The van der Waals surface area contributed by atoms with Crippen molar-refractivity contribution in [3.05, 3.63) is 60.2 Å². The number of methoxy groups -OCH3 is 1. The molecule has 14 heteroatoms. The molecule has 3 amide bonds. The number of hydrogen-bond donors (Lipinski definition) is 4. The molecule has 0 spiro atoms. The Morgan fingerprint density at radius 1 is 1.11 bits per heavy atom. The summed E-state index contributed by atoms with van der Waals surface area (Å²) in [5.41, 5.74) is 0.312. The summed E-state index contributed by atoms with van der Waals surface area (Å²) in [6.07, 6.45) is -0.743. The maximum atomic E-state index is 14.1. The Balaban J connectivity index is 1.54. The van der Waals surface area contributed by atoms with Crippen LogP contribution in [0.25, 0.3) is 0 Å². The van der Waals surface area contributed by atoms with Crippen molar-refractivity contribution in [3.8, 4) is 5.75 Å². The van der Waals surface area contributed by atoms with Crippen LogP contribution in [0.3, 0.4) is 0 Å². The molecule has 0 radical (unpaired) electrons. The van der Waals surface area contributed by atoms with Crippen LogP contribution in [0.2, 0.25) is 0 Å². The number of nitrogens with one attached hydrogen (secondary N) is 3. The smallest absolute Gasteiger partial charge is 0.407 e. The maximum Gasteiger partial charge on any atom is 0.407 e. The molecule has 0 saturated carbocycles. The van der Waals surface area contributed by atoms with Gasteiger partial charge in [0.2, 0.25) is 10.0 Å². The van der Waals surface area contributed by atoms with Gasteiger partial charge in [0.15, 0.2) is 6.29 Å². The van der Waals surface area contributed by atoms with E-state index in [0.717, 1.165) is 5.56 Å². The van der Waals surface area contributed by atoms with Crippen LogP contribution in [0.5, 0.6) is 5.75 Å². The number of benzene rings is 2. The number of rotatable bonds is 16. The van der Waals surface area contributed by atoms with Gasteiger partial charge in [0.25, 0.3) is 0 Å². The van der Waals surface area contributed by atoms with Crippen LogP contribution in [-0.4, -0.2) is 101 Å². The molecule has 4 rings (SSSR count). The van der Waals surface area contributed by atoms with E-state index in [1.165, 1.54) is 30.6 Å². The zero-order valence-corrected chi connectivity index (χ0v) is 28.3. The first kappa shape index (κ1) is 36.4. The second kappa shape index (κ2) is 16.6. The molecule has 47 heavy (non-hydrogen) atoms. The van der Waals surface area contributed by atoms with Crippen LogP contribution < -0.4 is 20.7 Å². The highest BCUT2D eigenvalue weighted by Crippen LogP contribution is 2.33. The lowest BCUT2D eigenvalue weighted by molar-refractivity contribution is -0.0907. The lowest BCUT2D eigenvalue weighted by Gasteiger charge is -2.35. The van der Waals surface area contributed by atoms with Crippen molar-refractivity contribution >= 4 is 22.1 Å². The van der Waals surface area contributed by atoms with Gasteiger partial charge in [-0.15, -0.1) is 0 Å². The zero-order chi connectivity index (χ0) is 34.0. The summed E-state index contributed by atoms with van der Waals surface area (Å²) < 4.78 is 51.6. The fraction of sp³-hybridized carbons (Fsp3) is 0.576. The molecule has 2 aromatic rings. The third kappa shape index (κ3) is 10.3. The predicted molar refractivity (Wildman–Crippen MR) is 174 cm³/mol. The Bertz CT molecular complexity index is 1410. The highest BCUT2D eigenvalue weighted by Gasteiger charge is 2.44. The molecule has 2 aromatic carbocycles. The number of ether oxygens (including phenoxy) is 4. The number of carbonyl (C=O) groups excluding carboxylic acids is 2.